The number of nitrogens with zero attached hydrogens (tertiary/aromatic N) is 1. The molecule has 0 heterocycles. The summed E-state index contributed by atoms with van der Waals surface area (Å²) in [5, 5.41) is 2.57. The topological polar surface area (TPSA) is 92.8 Å². The molecule has 1 aromatic rings. The number of fused-ring (bicyclic) bond motifs is 2. The van der Waals surface area contributed by atoms with Crippen molar-refractivity contribution in [2.45, 2.75) is 37.0 Å². The quantitative estimate of drug-likeness (QED) is 0.716. The fraction of sp³-hybridized carbons (Fsp3) is 0.579. The number of hydrogen-bond donors (Lipinski definition) is 1. The first-order valence-electron chi connectivity index (χ1n) is 9.24. The van der Waals surface area contributed by atoms with Gasteiger partial charge >= 0.3 is 5.97 Å². The van der Waals surface area contributed by atoms with Gasteiger partial charge < -0.3 is 10.1 Å². The van der Waals surface area contributed by atoms with Crippen molar-refractivity contribution in [3.8, 4) is 0 Å². The highest BCUT2D eigenvalue weighted by Gasteiger charge is 2.40. The van der Waals surface area contributed by atoms with E-state index in [1.165, 1.54) is 45.5 Å². The molecule has 0 saturated heterocycles. The van der Waals surface area contributed by atoms with Gasteiger partial charge in [-0.2, -0.15) is 0 Å². The van der Waals surface area contributed by atoms with Crippen molar-refractivity contribution in [2.75, 3.05) is 26.0 Å². The van der Waals surface area contributed by atoms with Crippen molar-refractivity contribution in [2.24, 2.45) is 17.8 Å². The Hall–Kier alpha value is -1.93. The molecule has 0 aliphatic heterocycles. The first-order chi connectivity index (χ1) is 12.8. The number of sulfonamides is 1. The average Bonchev–Trinajstić information content (AvgIpc) is 3.23. The maximum Gasteiger partial charge on any atom is 0.306 e. The number of carbonyl (C=O) groups excluding carboxylic acids is 2. The minimum atomic E-state index is -3.58. The lowest BCUT2D eigenvalue weighted by atomic mass is 9.86. The smallest absolute Gasteiger partial charge is 0.306 e. The maximum atomic E-state index is 12.1. The van der Waals surface area contributed by atoms with Crippen LogP contribution in [-0.2, 0) is 24.3 Å². The Morgan fingerprint density at radius 1 is 1.22 bits per heavy atom. The highest BCUT2D eigenvalue weighted by molar-refractivity contribution is 7.89. The van der Waals surface area contributed by atoms with Crippen LogP contribution in [0.4, 0.5) is 5.69 Å². The molecule has 2 aliphatic rings. The number of nitrogens with one attached hydrogen (secondary N) is 1. The van der Waals surface area contributed by atoms with Crippen LogP contribution in [0.25, 0.3) is 0 Å². The third-order valence-electron chi connectivity index (χ3n) is 5.57. The van der Waals surface area contributed by atoms with Crippen LogP contribution >= 0.6 is 0 Å². The van der Waals surface area contributed by atoms with Crippen LogP contribution < -0.4 is 5.32 Å². The normalized spacial score (nSPS) is 24.2. The fourth-order valence-electron chi connectivity index (χ4n) is 4.19. The van der Waals surface area contributed by atoms with E-state index in [1.54, 1.807) is 12.1 Å². The molecule has 2 aliphatic carbocycles. The number of rotatable bonds is 7. The van der Waals surface area contributed by atoms with E-state index in [-0.39, 0.29) is 17.5 Å². The lowest BCUT2D eigenvalue weighted by molar-refractivity contribution is -0.148. The van der Waals surface area contributed by atoms with E-state index in [0.717, 1.165) is 16.6 Å². The molecule has 7 nitrogen and oxygen atoms in total. The molecule has 1 N–H and O–H groups in total. The van der Waals surface area contributed by atoms with Gasteiger partial charge in [0.05, 0.1) is 4.90 Å². The third kappa shape index (κ3) is 4.68. The van der Waals surface area contributed by atoms with Gasteiger partial charge in [-0.25, -0.2) is 12.7 Å². The van der Waals surface area contributed by atoms with Gasteiger partial charge in [-0.1, -0.05) is 12.5 Å². The van der Waals surface area contributed by atoms with Crippen LogP contribution in [0.3, 0.4) is 0 Å². The molecule has 0 unspecified atom stereocenters. The van der Waals surface area contributed by atoms with Crippen molar-refractivity contribution in [3.63, 3.8) is 0 Å². The van der Waals surface area contributed by atoms with Crippen molar-refractivity contribution < 1.29 is 22.7 Å². The van der Waals surface area contributed by atoms with Crippen LogP contribution in [0.1, 0.15) is 32.1 Å². The van der Waals surface area contributed by atoms with Gasteiger partial charge in [0.15, 0.2) is 6.61 Å². The average molecular weight is 394 g/mol. The number of benzene rings is 1. The SMILES string of the molecule is CN(C)S(=O)(=O)c1cccc(NC(=O)COC(=O)C[C@H]2C[C@H]3CC[C@@H]2C3)c1. The zero-order valence-corrected chi connectivity index (χ0v) is 16.5. The molecule has 148 valence electrons. The summed E-state index contributed by atoms with van der Waals surface area (Å²) in [5.41, 5.74) is 0.340. The molecule has 3 rings (SSSR count). The molecule has 0 radical (unpaired) electrons. The Kier molecular flexibility index (Phi) is 5.86. The Balaban J connectivity index is 1.49. The van der Waals surface area contributed by atoms with Gasteiger partial charge in [0.25, 0.3) is 5.91 Å². The second-order valence-corrected chi connectivity index (χ2v) is 9.82. The zero-order valence-electron chi connectivity index (χ0n) is 15.7. The molecule has 0 aromatic heterocycles. The van der Waals surface area contributed by atoms with Crippen LogP contribution in [0.5, 0.6) is 0 Å². The molecule has 8 heteroatoms. The van der Waals surface area contributed by atoms with Crippen LogP contribution in [0.2, 0.25) is 0 Å². The van der Waals surface area contributed by atoms with Crippen molar-refractivity contribution in [1.82, 2.24) is 4.31 Å². The van der Waals surface area contributed by atoms with Crippen molar-refractivity contribution >= 4 is 27.6 Å². The standard InChI is InChI=1S/C19H26N2O5S/c1-21(2)27(24,25)17-5-3-4-16(11-17)20-18(22)12-26-19(23)10-15-9-13-6-7-14(15)8-13/h3-5,11,13-15H,6-10,12H2,1-2H3,(H,20,22)/t13-,14+,15+/m0/s1. The van der Waals surface area contributed by atoms with Crippen molar-refractivity contribution in [1.29, 1.82) is 0 Å². The van der Waals surface area contributed by atoms with Gasteiger partial charge in [-0.05, 0) is 55.2 Å². The van der Waals surface area contributed by atoms with Crippen LogP contribution in [0.15, 0.2) is 29.2 Å². The van der Waals surface area contributed by atoms with Crippen LogP contribution in [0, 0.1) is 17.8 Å². The molecule has 2 bridgehead atoms. The molecule has 27 heavy (non-hydrogen) atoms. The molecule has 1 amide bonds. The Labute approximate surface area is 160 Å². The summed E-state index contributed by atoms with van der Waals surface area (Å²) in [6.45, 7) is -0.371. The largest absolute Gasteiger partial charge is 0.456 e. The van der Waals surface area contributed by atoms with Gasteiger partial charge in [-0.15, -0.1) is 0 Å². The van der Waals surface area contributed by atoms with E-state index in [1.807, 2.05) is 0 Å². The Bertz CT molecular complexity index is 821. The van der Waals surface area contributed by atoms with Crippen LogP contribution in [-0.4, -0.2) is 45.3 Å². The van der Waals surface area contributed by atoms with Gasteiger partial charge in [0.1, 0.15) is 0 Å². The first-order valence-corrected chi connectivity index (χ1v) is 10.7. The minimum absolute atomic E-state index is 0.0820. The molecule has 2 fully saturated rings. The van der Waals surface area contributed by atoms with E-state index < -0.39 is 15.9 Å². The second-order valence-electron chi connectivity index (χ2n) is 7.66. The van der Waals surface area contributed by atoms with Gasteiger partial charge in [0.2, 0.25) is 10.0 Å². The summed E-state index contributed by atoms with van der Waals surface area (Å²) in [5.74, 6) is 0.967. The summed E-state index contributed by atoms with van der Waals surface area (Å²) in [4.78, 5) is 24.1. The van der Waals surface area contributed by atoms with Gasteiger partial charge in [0, 0.05) is 26.2 Å². The predicted octanol–water partition coefficient (Wildman–Crippen LogP) is 2.24. The zero-order chi connectivity index (χ0) is 19.6. The highest BCUT2D eigenvalue weighted by atomic mass is 32.2. The van der Waals surface area contributed by atoms with E-state index in [0.29, 0.717) is 23.9 Å². The predicted molar refractivity (Wildman–Crippen MR) is 100 cm³/mol. The monoisotopic (exact) mass is 394 g/mol. The molecule has 1 aromatic carbocycles. The number of anilines is 1. The second kappa shape index (κ2) is 7.98. The highest BCUT2D eigenvalue weighted by Crippen LogP contribution is 2.49. The summed E-state index contributed by atoms with van der Waals surface area (Å²) in [7, 11) is -0.701. The number of ether oxygens (including phenoxy) is 1. The lowest BCUT2D eigenvalue weighted by Gasteiger charge is -2.20. The number of hydrogen-bond acceptors (Lipinski definition) is 5. The van der Waals surface area contributed by atoms with E-state index in [2.05, 4.69) is 5.32 Å². The summed E-state index contributed by atoms with van der Waals surface area (Å²) >= 11 is 0. The first kappa shape index (κ1) is 19.8. The maximum absolute atomic E-state index is 12.1. The number of esters is 1. The molecular formula is C19H26N2O5S. The summed E-state index contributed by atoms with van der Waals surface area (Å²) in [6, 6.07) is 5.97. The Morgan fingerprint density at radius 2 is 2.00 bits per heavy atom. The fourth-order valence-corrected chi connectivity index (χ4v) is 5.14. The summed E-state index contributed by atoms with van der Waals surface area (Å²) < 4.78 is 30.5. The van der Waals surface area contributed by atoms with E-state index in [9.17, 15) is 18.0 Å². The molecule has 0 spiro atoms. The summed E-state index contributed by atoms with van der Waals surface area (Å²) in [6.07, 6.45) is 5.19. The van der Waals surface area contributed by atoms with E-state index in [4.69, 9.17) is 4.74 Å². The van der Waals surface area contributed by atoms with Gasteiger partial charge in [-0.3, -0.25) is 9.59 Å². The molecule has 3 atom stereocenters. The molecule has 2 saturated carbocycles. The van der Waals surface area contributed by atoms with Crippen molar-refractivity contribution in [3.05, 3.63) is 24.3 Å². The lowest BCUT2D eigenvalue weighted by Crippen LogP contribution is -2.24. The Morgan fingerprint density at radius 3 is 2.63 bits per heavy atom. The number of amides is 1. The third-order valence-corrected chi connectivity index (χ3v) is 7.39. The molecular weight excluding hydrogens is 368 g/mol. The van der Waals surface area contributed by atoms with E-state index >= 15 is 0 Å². The number of carbonyl (C=O) groups is 2. The minimum Gasteiger partial charge on any atom is -0.456 e.